The molecule has 1 atom stereocenters. The third-order valence-electron chi connectivity index (χ3n) is 5.36. The number of amides is 2. The van der Waals surface area contributed by atoms with Gasteiger partial charge in [0.15, 0.2) is 26.8 Å². The van der Waals surface area contributed by atoms with Crippen LogP contribution >= 0.6 is 23.1 Å². The van der Waals surface area contributed by atoms with Gasteiger partial charge in [0, 0.05) is 26.1 Å². The lowest BCUT2D eigenvalue weighted by Gasteiger charge is -2.10. The summed E-state index contributed by atoms with van der Waals surface area (Å²) >= 11 is 2.58. The van der Waals surface area contributed by atoms with Crippen LogP contribution in [-0.4, -0.2) is 80.2 Å². The van der Waals surface area contributed by atoms with Gasteiger partial charge in [0.1, 0.15) is 0 Å². The highest BCUT2D eigenvalue weighted by atomic mass is 32.2. The minimum atomic E-state index is -3.34. The largest absolute Gasteiger partial charge is 0.389 e. The molecule has 0 bridgehead atoms. The molecule has 1 aliphatic heterocycles. The fraction of sp³-hybridized carbons (Fsp3) is 0.455. The van der Waals surface area contributed by atoms with Crippen molar-refractivity contribution in [1.29, 1.82) is 0 Å². The molecule has 2 amide bonds. The van der Waals surface area contributed by atoms with Gasteiger partial charge in [0.25, 0.3) is 5.91 Å². The number of thioether (sulfide) groups is 1. The summed E-state index contributed by atoms with van der Waals surface area (Å²) in [5, 5.41) is 6.84. The third kappa shape index (κ3) is 6.60. The van der Waals surface area contributed by atoms with Crippen molar-refractivity contribution in [3.05, 3.63) is 36.0 Å². The Kier molecular flexibility index (Phi) is 8.09. The summed E-state index contributed by atoms with van der Waals surface area (Å²) in [6.07, 6.45) is 3.34. The van der Waals surface area contributed by atoms with Crippen LogP contribution in [0, 0.1) is 0 Å². The van der Waals surface area contributed by atoms with Crippen molar-refractivity contribution in [2.24, 2.45) is 5.16 Å². The van der Waals surface area contributed by atoms with E-state index < -0.39 is 15.7 Å². The molecule has 10 nitrogen and oxygen atoms in total. The molecule has 1 aliphatic carbocycles. The van der Waals surface area contributed by atoms with Crippen molar-refractivity contribution in [2.45, 2.75) is 39.7 Å². The summed E-state index contributed by atoms with van der Waals surface area (Å²) in [5.74, 6) is -0.302. The summed E-state index contributed by atoms with van der Waals surface area (Å²) in [7, 11) is 0.0378. The molecule has 35 heavy (non-hydrogen) atoms. The van der Waals surface area contributed by atoms with E-state index in [2.05, 4.69) is 15.5 Å². The lowest BCUT2D eigenvalue weighted by atomic mass is 10.1. The summed E-state index contributed by atoms with van der Waals surface area (Å²) < 4.78 is 31.1. The maximum Gasteiger partial charge on any atom is 0.280 e. The second kappa shape index (κ2) is 11.1. The van der Waals surface area contributed by atoms with Gasteiger partial charge < -0.3 is 14.5 Å². The predicted molar refractivity (Wildman–Crippen MR) is 134 cm³/mol. The van der Waals surface area contributed by atoms with Crippen molar-refractivity contribution >= 4 is 55.6 Å². The van der Waals surface area contributed by atoms with Gasteiger partial charge in [-0.3, -0.25) is 14.9 Å². The number of thiazole rings is 1. The Bertz CT molecular complexity index is 1200. The molecule has 1 saturated carbocycles. The van der Waals surface area contributed by atoms with Gasteiger partial charge in [-0.2, -0.15) is 0 Å². The van der Waals surface area contributed by atoms with E-state index >= 15 is 0 Å². The molecule has 0 spiro atoms. The highest BCUT2D eigenvalue weighted by molar-refractivity contribution is 8.01. The fourth-order valence-corrected chi connectivity index (χ4v) is 6.63. The Morgan fingerprint density at radius 3 is 2.63 bits per heavy atom. The normalized spacial score (nSPS) is 18.3. The molecule has 2 aliphatic rings. The Morgan fingerprint density at radius 2 is 2.00 bits per heavy atom. The fourth-order valence-electron chi connectivity index (χ4n) is 3.12. The third-order valence-corrected chi connectivity index (χ3v) is 9.73. The average Bonchev–Trinajstić information content (AvgIpc) is 3.41. The smallest absolute Gasteiger partial charge is 0.280 e. The Morgan fingerprint density at radius 1 is 1.26 bits per heavy atom. The van der Waals surface area contributed by atoms with Crippen LogP contribution in [0.2, 0.25) is 0 Å². The number of ether oxygens (including phenoxy) is 1. The molecular formula is C22H26N4O6S3. The van der Waals surface area contributed by atoms with E-state index in [1.165, 1.54) is 40.1 Å². The molecule has 1 aromatic carbocycles. The molecule has 2 aromatic rings. The second-order valence-corrected chi connectivity index (χ2v) is 12.8. The van der Waals surface area contributed by atoms with Gasteiger partial charge in [-0.05, 0) is 25.0 Å². The number of nitrogens with one attached hydrogen (secondary N) is 1. The molecule has 188 valence electrons. The number of hydrogen-bond acceptors (Lipinski definition) is 10. The van der Waals surface area contributed by atoms with E-state index in [1.54, 1.807) is 32.4 Å². The van der Waals surface area contributed by atoms with Crippen LogP contribution in [0.5, 0.6) is 0 Å². The average molecular weight is 539 g/mol. The van der Waals surface area contributed by atoms with E-state index in [9.17, 15) is 18.0 Å². The maximum absolute atomic E-state index is 13.1. The molecule has 13 heteroatoms. The number of oxime groups is 1. The molecular weight excluding hydrogens is 512 g/mol. The minimum Gasteiger partial charge on any atom is -0.389 e. The standard InChI is InChI=1S/C22H26N4O6S3/c1-26(2)18(27)13-33-19-11-23-22(34-19)24-21(28)20(25-32-15-9-10-31-12-15)14-3-5-16(6-4-14)35(29,30)17-7-8-17/h3-6,11,15,17H,7-10,12-13H2,1-2H3,(H,23,24,28)/t15-/m1/s1. The molecule has 4 rings (SSSR count). The number of sulfone groups is 1. The van der Waals surface area contributed by atoms with Gasteiger partial charge in [-0.1, -0.05) is 28.6 Å². The van der Waals surface area contributed by atoms with Crippen molar-refractivity contribution in [3.63, 3.8) is 0 Å². The molecule has 1 aromatic heterocycles. The van der Waals surface area contributed by atoms with Crippen LogP contribution in [0.3, 0.4) is 0 Å². The zero-order valence-corrected chi connectivity index (χ0v) is 21.7. The van der Waals surface area contributed by atoms with Crippen molar-refractivity contribution in [2.75, 3.05) is 38.4 Å². The monoisotopic (exact) mass is 538 g/mol. The van der Waals surface area contributed by atoms with Crippen molar-refractivity contribution in [3.8, 4) is 0 Å². The second-order valence-electron chi connectivity index (χ2n) is 8.32. The van der Waals surface area contributed by atoms with Gasteiger partial charge in [0.2, 0.25) is 5.91 Å². The van der Waals surface area contributed by atoms with E-state index in [0.717, 1.165) is 4.21 Å². The van der Waals surface area contributed by atoms with Crippen LogP contribution in [0.1, 0.15) is 24.8 Å². The summed E-state index contributed by atoms with van der Waals surface area (Å²) in [6, 6.07) is 6.09. The SMILES string of the molecule is CN(C)C(=O)CSc1cnc(NC(=O)C(=NO[C@@H]2CCOC2)c2ccc(S(=O)(=O)C3CC3)cc2)s1. The van der Waals surface area contributed by atoms with E-state index in [1.807, 2.05) is 0 Å². The van der Waals surface area contributed by atoms with Gasteiger partial charge in [-0.15, -0.1) is 11.8 Å². The lowest BCUT2D eigenvalue weighted by molar-refractivity contribution is -0.125. The summed E-state index contributed by atoms with van der Waals surface area (Å²) in [6.45, 7) is 0.945. The topological polar surface area (TPSA) is 127 Å². The number of carbonyl (C=O) groups excluding carboxylic acids is 2. The summed E-state index contributed by atoms with van der Waals surface area (Å²) in [4.78, 5) is 36.4. The summed E-state index contributed by atoms with van der Waals surface area (Å²) in [5.41, 5.74) is 0.415. The van der Waals surface area contributed by atoms with Crippen LogP contribution in [0.15, 0.2) is 44.7 Å². The quantitative estimate of drug-likeness (QED) is 0.278. The van der Waals surface area contributed by atoms with Crippen LogP contribution in [0.25, 0.3) is 0 Å². The zero-order valence-electron chi connectivity index (χ0n) is 19.3. The lowest BCUT2D eigenvalue weighted by Crippen LogP contribution is -2.25. The first-order valence-corrected chi connectivity index (χ1v) is 14.3. The first kappa shape index (κ1) is 25.6. The molecule has 2 fully saturated rings. The number of benzene rings is 1. The number of anilines is 1. The minimum absolute atomic E-state index is 0.000501. The molecule has 0 unspecified atom stereocenters. The number of nitrogens with zero attached hydrogens (tertiary/aromatic N) is 3. The van der Waals surface area contributed by atoms with E-state index in [0.29, 0.717) is 43.2 Å². The number of hydrogen-bond donors (Lipinski definition) is 1. The zero-order chi connectivity index (χ0) is 25.0. The van der Waals surface area contributed by atoms with Crippen LogP contribution < -0.4 is 5.32 Å². The highest BCUT2D eigenvalue weighted by Crippen LogP contribution is 2.33. The number of rotatable bonds is 10. The highest BCUT2D eigenvalue weighted by Gasteiger charge is 2.36. The van der Waals surface area contributed by atoms with Gasteiger partial charge >= 0.3 is 0 Å². The number of aromatic nitrogens is 1. The Balaban J connectivity index is 1.49. The van der Waals surface area contributed by atoms with Crippen LogP contribution in [0.4, 0.5) is 5.13 Å². The van der Waals surface area contributed by atoms with Crippen LogP contribution in [-0.2, 0) is 29.0 Å². The Labute approximate surface area is 212 Å². The maximum atomic E-state index is 13.1. The molecule has 1 saturated heterocycles. The van der Waals surface area contributed by atoms with Gasteiger partial charge in [0.05, 0.1) is 39.5 Å². The van der Waals surface area contributed by atoms with E-state index in [4.69, 9.17) is 9.57 Å². The predicted octanol–water partition coefficient (Wildman–Crippen LogP) is 2.41. The first-order valence-electron chi connectivity index (χ1n) is 11.0. The Hall–Kier alpha value is -2.48. The molecule has 0 radical (unpaired) electrons. The van der Waals surface area contributed by atoms with Crippen molar-refractivity contribution in [1.82, 2.24) is 9.88 Å². The first-order chi connectivity index (χ1) is 16.7. The molecule has 1 N–H and O–H groups in total. The number of carbonyl (C=O) groups is 2. The van der Waals surface area contributed by atoms with Crippen molar-refractivity contribution < 1.29 is 27.6 Å². The van der Waals surface area contributed by atoms with E-state index in [-0.39, 0.29) is 33.6 Å². The molecule has 2 heterocycles. The van der Waals surface area contributed by atoms with Gasteiger partial charge in [-0.25, -0.2) is 13.4 Å².